The van der Waals surface area contributed by atoms with Crippen molar-refractivity contribution in [2.24, 2.45) is 5.73 Å². The van der Waals surface area contributed by atoms with Gasteiger partial charge in [-0.3, -0.25) is 4.55 Å². The predicted molar refractivity (Wildman–Crippen MR) is 103 cm³/mol. The van der Waals surface area contributed by atoms with Gasteiger partial charge in [0, 0.05) is 6.04 Å². The summed E-state index contributed by atoms with van der Waals surface area (Å²) in [6.07, 6.45) is 13.5. The minimum Gasteiger partial charge on any atom is -0.328 e. The maximum atomic E-state index is 10.8. The van der Waals surface area contributed by atoms with E-state index in [1.807, 2.05) is 14.1 Å². The Kier molecular flexibility index (Phi) is 13.0. The first-order chi connectivity index (χ1) is 11.2. The molecule has 0 aliphatic rings. The van der Waals surface area contributed by atoms with E-state index in [1.165, 1.54) is 38.5 Å². The van der Waals surface area contributed by atoms with Crippen molar-refractivity contribution in [3.8, 4) is 0 Å². The van der Waals surface area contributed by atoms with Crippen molar-refractivity contribution in [2.45, 2.75) is 83.6 Å². The highest BCUT2D eigenvalue weighted by molar-refractivity contribution is 7.85. The molecule has 0 radical (unpaired) electrons. The van der Waals surface area contributed by atoms with Crippen LogP contribution < -0.4 is 5.73 Å². The fraction of sp³-hybridized carbons (Fsp3) is 1.00. The van der Waals surface area contributed by atoms with Crippen LogP contribution in [0.5, 0.6) is 0 Å². The number of quaternary nitrogens is 1. The number of nitrogens with zero attached hydrogens (tertiary/aromatic N) is 1. The van der Waals surface area contributed by atoms with Crippen LogP contribution >= 0.6 is 0 Å². The maximum Gasteiger partial charge on any atom is 0.270 e. The summed E-state index contributed by atoms with van der Waals surface area (Å²) in [4.78, 5) is 0. The zero-order valence-electron chi connectivity index (χ0n) is 16.2. The molecule has 0 bridgehead atoms. The van der Waals surface area contributed by atoms with Gasteiger partial charge in [-0.2, -0.15) is 8.42 Å². The van der Waals surface area contributed by atoms with Crippen LogP contribution in [0.3, 0.4) is 0 Å². The molecule has 1 atom stereocenters. The zero-order valence-corrected chi connectivity index (χ0v) is 17.0. The summed E-state index contributed by atoms with van der Waals surface area (Å²) < 4.78 is 31.1. The Balaban J connectivity index is 3.57. The second-order valence-corrected chi connectivity index (χ2v) is 9.41. The number of hydrogen-bond acceptors (Lipinski definition) is 3. The Hall–Kier alpha value is -0.170. The molecule has 0 aromatic heterocycles. The molecule has 0 aliphatic heterocycles. The Labute approximate surface area is 150 Å². The monoisotopic (exact) mass is 365 g/mol. The lowest BCUT2D eigenvalue weighted by Crippen LogP contribution is -2.43. The zero-order chi connectivity index (χ0) is 18.5. The lowest BCUT2D eigenvalue weighted by Gasteiger charge is -2.29. The summed E-state index contributed by atoms with van der Waals surface area (Å²) in [6, 6.07) is 0.332. The van der Waals surface area contributed by atoms with E-state index in [2.05, 4.69) is 6.92 Å². The van der Waals surface area contributed by atoms with Gasteiger partial charge < -0.3 is 10.2 Å². The molecule has 0 fully saturated rings. The SMILES string of the molecule is CCCCCCCCC(N)CCCCC[N+](C)(C)CCS(=O)(=O)O. The van der Waals surface area contributed by atoms with E-state index >= 15 is 0 Å². The quantitative estimate of drug-likeness (QED) is 0.249. The third-order valence-corrected chi connectivity index (χ3v) is 5.42. The first-order valence-corrected chi connectivity index (χ1v) is 11.3. The van der Waals surface area contributed by atoms with Gasteiger partial charge in [0.15, 0.2) is 0 Å². The van der Waals surface area contributed by atoms with E-state index in [0.717, 1.165) is 38.6 Å². The molecule has 1 unspecified atom stereocenters. The van der Waals surface area contributed by atoms with Crippen LogP contribution in [0.15, 0.2) is 0 Å². The summed E-state index contributed by atoms with van der Waals surface area (Å²) in [6.45, 7) is 3.63. The van der Waals surface area contributed by atoms with Crippen molar-refractivity contribution in [1.82, 2.24) is 0 Å². The van der Waals surface area contributed by atoms with Crippen LogP contribution in [0.25, 0.3) is 0 Å². The van der Waals surface area contributed by atoms with Crippen molar-refractivity contribution >= 4 is 10.1 Å². The molecule has 0 aromatic carbocycles. The van der Waals surface area contributed by atoms with Gasteiger partial charge >= 0.3 is 0 Å². The van der Waals surface area contributed by atoms with E-state index in [4.69, 9.17) is 10.3 Å². The molecule has 0 aromatic rings. The normalized spacial score (nSPS) is 14.0. The average Bonchev–Trinajstić information content (AvgIpc) is 2.48. The van der Waals surface area contributed by atoms with Gasteiger partial charge in [-0.05, 0) is 25.7 Å². The molecule has 24 heavy (non-hydrogen) atoms. The summed E-state index contributed by atoms with van der Waals surface area (Å²) in [5.74, 6) is -0.164. The highest BCUT2D eigenvalue weighted by Crippen LogP contribution is 2.12. The van der Waals surface area contributed by atoms with E-state index < -0.39 is 10.1 Å². The van der Waals surface area contributed by atoms with E-state index in [9.17, 15) is 8.42 Å². The molecule has 146 valence electrons. The molecule has 6 heteroatoms. The molecule has 0 aliphatic carbocycles. The Morgan fingerprint density at radius 3 is 1.92 bits per heavy atom. The summed E-state index contributed by atoms with van der Waals surface area (Å²) in [5, 5.41) is 0. The minimum atomic E-state index is -3.85. The van der Waals surface area contributed by atoms with Crippen LogP contribution in [-0.2, 0) is 10.1 Å². The second kappa shape index (κ2) is 13.1. The molecule has 0 saturated carbocycles. The van der Waals surface area contributed by atoms with E-state index in [0.29, 0.717) is 17.1 Å². The van der Waals surface area contributed by atoms with E-state index in [1.54, 1.807) is 0 Å². The predicted octanol–water partition coefficient (Wildman–Crippen LogP) is 3.59. The lowest BCUT2D eigenvalue weighted by molar-refractivity contribution is -0.888. The number of rotatable bonds is 16. The largest absolute Gasteiger partial charge is 0.328 e. The first-order valence-electron chi connectivity index (χ1n) is 9.69. The fourth-order valence-corrected chi connectivity index (χ4v) is 3.65. The third-order valence-electron chi connectivity index (χ3n) is 4.72. The van der Waals surface area contributed by atoms with Gasteiger partial charge in [0.2, 0.25) is 0 Å². The lowest BCUT2D eigenvalue weighted by atomic mass is 10.0. The van der Waals surface area contributed by atoms with Gasteiger partial charge in [0.25, 0.3) is 10.1 Å². The molecule has 3 N–H and O–H groups in total. The molecule has 0 rings (SSSR count). The van der Waals surface area contributed by atoms with Crippen LogP contribution in [0, 0.1) is 0 Å². The fourth-order valence-electron chi connectivity index (χ4n) is 2.93. The Bertz CT molecular complexity index is 397. The van der Waals surface area contributed by atoms with E-state index in [-0.39, 0.29) is 5.75 Å². The summed E-state index contributed by atoms with van der Waals surface area (Å²) in [5.41, 5.74) is 6.18. The van der Waals surface area contributed by atoms with Crippen molar-refractivity contribution < 1.29 is 17.5 Å². The molecular formula is C18H41N2O3S+. The smallest absolute Gasteiger partial charge is 0.270 e. The van der Waals surface area contributed by atoms with Crippen molar-refractivity contribution in [3.05, 3.63) is 0 Å². The van der Waals surface area contributed by atoms with Crippen LogP contribution in [0.1, 0.15) is 77.6 Å². The second-order valence-electron chi connectivity index (χ2n) is 7.83. The Morgan fingerprint density at radius 2 is 1.38 bits per heavy atom. The first kappa shape index (κ1) is 23.8. The van der Waals surface area contributed by atoms with Crippen molar-refractivity contribution in [1.29, 1.82) is 0 Å². The third kappa shape index (κ3) is 16.7. The van der Waals surface area contributed by atoms with Gasteiger partial charge in [-0.25, -0.2) is 0 Å². The molecular weight excluding hydrogens is 324 g/mol. The van der Waals surface area contributed by atoms with Crippen molar-refractivity contribution in [2.75, 3.05) is 32.9 Å². The van der Waals surface area contributed by atoms with Gasteiger partial charge in [-0.15, -0.1) is 0 Å². The summed E-state index contributed by atoms with van der Waals surface area (Å²) >= 11 is 0. The van der Waals surface area contributed by atoms with Crippen LogP contribution in [-0.4, -0.2) is 56.4 Å². The molecule has 0 spiro atoms. The minimum absolute atomic E-state index is 0.164. The highest BCUT2D eigenvalue weighted by Gasteiger charge is 2.18. The Morgan fingerprint density at radius 1 is 0.875 bits per heavy atom. The standard InChI is InChI=1S/C18H40N2O3S/c1-4-5-6-7-8-10-13-18(19)14-11-9-12-15-20(2,3)16-17-24(21,22)23/h18H,4-17,19H2,1-3H3/p+1. The number of hydrogen-bond donors (Lipinski definition) is 2. The summed E-state index contributed by atoms with van der Waals surface area (Å²) in [7, 11) is 0.166. The maximum absolute atomic E-state index is 10.8. The molecule has 0 saturated heterocycles. The highest BCUT2D eigenvalue weighted by atomic mass is 32.2. The van der Waals surface area contributed by atoms with Gasteiger partial charge in [0.1, 0.15) is 5.75 Å². The number of unbranched alkanes of at least 4 members (excludes halogenated alkanes) is 7. The van der Waals surface area contributed by atoms with Gasteiger partial charge in [-0.1, -0.05) is 51.9 Å². The van der Waals surface area contributed by atoms with Crippen LogP contribution in [0.4, 0.5) is 0 Å². The molecule has 5 nitrogen and oxygen atoms in total. The average molecular weight is 366 g/mol. The number of nitrogens with two attached hydrogens (primary N) is 1. The van der Waals surface area contributed by atoms with Crippen LogP contribution in [0.2, 0.25) is 0 Å². The van der Waals surface area contributed by atoms with Gasteiger partial charge in [0.05, 0.1) is 27.2 Å². The molecule has 0 amide bonds. The van der Waals surface area contributed by atoms with Crippen molar-refractivity contribution in [3.63, 3.8) is 0 Å². The topological polar surface area (TPSA) is 80.4 Å². The molecule has 0 heterocycles.